The average molecular weight is 336 g/mol. The lowest BCUT2D eigenvalue weighted by Gasteiger charge is -1.96. The van der Waals surface area contributed by atoms with Crippen molar-refractivity contribution in [3.8, 4) is 0 Å². The Balaban J connectivity index is 3.31. The maximum atomic E-state index is 12.6. The molecule has 54 valence electrons. The van der Waals surface area contributed by atoms with Gasteiger partial charge < -0.3 is 0 Å². The predicted molar refractivity (Wildman–Crippen MR) is 49.6 cm³/mol. The zero-order valence-electron chi connectivity index (χ0n) is 4.54. The van der Waals surface area contributed by atoms with Gasteiger partial charge in [-0.25, -0.2) is 4.98 Å². The number of aromatic nitrogens is 1. The molecule has 10 heavy (non-hydrogen) atoms. The second kappa shape index (κ2) is 3.32. The van der Waals surface area contributed by atoms with Crippen molar-refractivity contribution in [3.63, 3.8) is 0 Å². The monoisotopic (exact) mass is 335 g/mol. The molecule has 0 aromatic carbocycles. The third-order valence-corrected chi connectivity index (χ3v) is 2.78. The number of rotatable bonds is 0. The van der Waals surface area contributed by atoms with Crippen molar-refractivity contribution in [1.82, 2.24) is 4.98 Å². The topological polar surface area (TPSA) is 12.9 Å². The molecule has 5 heteroatoms. The molecule has 0 spiro atoms. The highest BCUT2D eigenvalue weighted by atomic mass is 127. The van der Waals surface area contributed by atoms with E-state index in [0.29, 0.717) is 8.17 Å². The normalized spacial score (nSPS) is 10.0. The van der Waals surface area contributed by atoms with Crippen LogP contribution in [0, 0.1) is 9.52 Å². The molecule has 0 saturated heterocycles. The first-order chi connectivity index (χ1) is 4.61. The first kappa shape index (κ1) is 8.67. The van der Waals surface area contributed by atoms with Gasteiger partial charge in [0.2, 0.25) is 5.95 Å². The summed E-state index contributed by atoms with van der Waals surface area (Å²) < 4.78 is 13.7. The Labute approximate surface area is 84.2 Å². The van der Waals surface area contributed by atoms with E-state index in [-0.39, 0.29) is 5.02 Å². The molecule has 1 nitrogen and oxygen atoms in total. The minimum absolute atomic E-state index is 0.0730. The molecular weight excluding hydrogens is 335 g/mol. The van der Waals surface area contributed by atoms with Crippen LogP contribution in [0.3, 0.4) is 0 Å². The van der Waals surface area contributed by atoms with Crippen LogP contribution in [0.1, 0.15) is 0 Å². The Morgan fingerprint density at radius 2 is 2.30 bits per heavy atom. The molecule has 0 aliphatic heterocycles. The van der Waals surface area contributed by atoms with Gasteiger partial charge in [-0.05, 0) is 44.6 Å². The Kier molecular flexibility index (Phi) is 2.88. The van der Waals surface area contributed by atoms with Crippen LogP contribution in [-0.4, -0.2) is 4.98 Å². The van der Waals surface area contributed by atoms with Crippen molar-refractivity contribution in [1.29, 1.82) is 0 Å². The van der Waals surface area contributed by atoms with Crippen LogP contribution in [0.5, 0.6) is 0 Å². The van der Waals surface area contributed by atoms with Crippen molar-refractivity contribution >= 4 is 50.1 Å². The number of hydrogen-bond acceptors (Lipinski definition) is 1. The highest BCUT2D eigenvalue weighted by molar-refractivity contribution is 14.1. The van der Waals surface area contributed by atoms with E-state index < -0.39 is 5.95 Å². The Hall–Kier alpha value is 0.580. The molecule has 0 bridgehead atoms. The van der Waals surface area contributed by atoms with Gasteiger partial charge in [0.25, 0.3) is 0 Å². The predicted octanol–water partition coefficient (Wildman–Crippen LogP) is 3.24. The minimum atomic E-state index is -0.638. The number of halogens is 4. The van der Waals surface area contributed by atoms with E-state index in [1.165, 1.54) is 0 Å². The first-order valence-corrected chi connectivity index (χ1v) is 4.53. The van der Waals surface area contributed by atoms with E-state index in [0.717, 1.165) is 0 Å². The summed E-state index contributed by atoms with van der Waals surface area (Å²) in [4.78, 5) is 3.45. The fourth-order valence-electron chi connectivity index (χ4n) is 0.442. The largest absolute Gasteiger partial charge is 0.233 e. The summed E-state index contributed by atoms with van der Waals surface area (Å²) in [6.07, 6.45) is 0. The molecule has 0 radical (unpaired) electrons. The summed E-state index contributed by atoms with van der Waals surface area (Å²) in [6.45, 7) is 0. The van der Waals surface area contributed by atoms with Gasteiger partial charge in [0.1, 0.15) is 9.63 Å². The third kappa shape index (κ3) is 1.79. The van der Waals surface area contributed by atoms with E-state index in [9.17, 15) is 4.39 Å². The number of pyridine rings is 1. The molecule has 0 aliphatic carbocycles. The Morgan fingerprint density at radius 3 is 2.80 bits per heavy atom. The van der Waals surface area contributed by atoms with Gasteiger partial charge in [-0.15, -0.1) is 0 Å². The Bertz CT molecular complexity index is 245. The minimum Gasteiger partial charge on any atom is -0.211 e. The van der Waals surface area contributed by atoms with Crippen molar-refractivity contribution in [2.45, 2.75) is 0 Å². The fraction of sp³-hybridized carbons (Fsp3) is 0. The maximum Gasteiger partial charge on any atom is 0.233 e. The summed E-state index contributed by atoms with van der Waals surface area (Å²) in [5.41, 5.74) is 0. The standard InChI is InChI=1S/C5HBrClFIN/c6-3-1-2(9)4(7)5(8)10-3/h1H. The van der Waals surface area contributed by atoms with E-state index in [4.69, 9.17) is 11.6 Å². The van der Waals surface area contributed by atoms with E-state index in [1.54, 1.807) is 6.07 Å². The number of hydrogen-bond donors (Lipinski definition) is 0. The van der Waals surface area contributed by atoms with Crippen molar-refractivity contribution in [3.05, 3.63) is 25.2 Å². The molecule has 1 aromatic heterocycles. The zero-order chi connectivity index (χ0) is 7.72. The van der Waals surface area contributed by atoms with E-state index in [2.05, 4.69) is 20.9 Å². The van der Waals surface area contributed by atoms with Gasteiger partial charge in [0.15, 0.2) is 0 Å². The van der Waals surface area contributed by atoms with Crippen molar-refractivity contribution in [2.24, 2.45) is 0 Å². The van der Waals surface area contributed by atoms with E-state index >= 15 is 0 Å². The van der Waals surface area contributed by atoms with Crippen LogP contribution in [0.15, 0.2) is 10.7 Å². The molecular formula is C5HBrClFIN. The zero-order valence-corrected chi connectivity index (χ0v) is 9.04. The van der Waals surface area contributed by atoms with E-state index in [1.807, 2.05) is 22.6 Å². The summed E-state index contributed by atoms with van der Waals surface area (Å²) in [7, 11) is 0. The second-order valence-electron chi connectivity index (χ2n) is 1.53. The van der Waals surface area contributed by atoms with Gasteiger partial charge in [-0.1, -0.05) is 11.6 Å². The van der Waals surface area contributed by atoms with Gasteiger partial charge in [-0.3, -0.25) is 0 Å². The highest BCUT2D eigenvalue weighted by Gasteiger charge is 2.05. The molecule has 0 saturated carbocycles. The van der Waals surface area contributed by atoms with Crippen molar-refractivity contribution < 1.29 is 4.39 Å². The molecule has 1 heterocycles. The molecule has 0 unspecified atom stereocenters. The fourth-order valence-corrected chi connectivity index (χ4v) is 1.87. The molecule has 1 aromatic rings. The molecule has 0 N–H and O–H groups in total. The first-order valence-electron chi connectivity index (χ1n) is 2.28. The van der Waals surface area contributed by atoms with Gasteiger partial charge in [-0.2, -0.15) is 4.39 Å². The Morgan fingerprint density at radius 1 is 1.70 bits per heavy atom. The summed E-state index contributed by atoms with van der Waals surface area (Å²) >= 11 is 10.4. The quantitative estimate of drug-likeness (QED) is 0.524. The van der Waals surface area contributed by atoms with Crippen LogP contribution in [0.25, 0.3) is 0 Å². The molecule has 0 atom stereocenters. The molecule has 0 fully saturated rings. The number of nitrogens with zero attached hydrogens (tertiary/aromatic N) is 1. The van der Waals surface area contributed by atoms with Gasteiger partial charge >= 0.3 is 0 Å². The van der Waals surface area contributed by atoms with Gasteiger partial charge in [0, 0.05) is 3.57 Å². The second-order valence-corrected chi connectivity index (χ2v) is 3.88. The van der Waals surface area contributed by atoms with Crippen LogP contribution >= 0.6 is 50.1 Å². The summed E-state index contributed by atoms with van der Waals surface area (Å²) in [5, 5.41) is 0.0730. The van der Waals surface area contributed by atoms with Crippen LogP contribution in [-0.2, 0) is 0 Å². The maximum absolute atomic E-state index is 12.6. The lowest BCUT2D eigenvalue weighted by atomic mass is 10.5. The molecule has 0 amide bonds. The summed E-state index contributed by atoms with van der Waals surface area (Å²) in [5.74, 6) is -0.638. The van der Waals surface area contributed by atoms with Crippen molar-refractivity contribution in [2.75, 3.05) is 0 Å². The summed E-state index contributed by atoms with van der Waals surface area (Å²) in [6, 6.07) is 1.64. The lowest BCUT2D eigenvalue weighted by molar-refractivity contribution is 0.580. The molecule has 1 rings (SSSR count). The third-order valence-electron chi connectivity index (χ3n) is 0.842. The van der Waals surface area contributed by atoms with Gasteiger partial charge in [0.05, 0.1) is 0 Å². The van der Waals surface area contributed by atoms with Crippen LogP contribution in [0.4, 0.5) is 4.39 Å². The highest BCUT2D eigenvalue weighted by Crippen LogP contribution is 2.22. The smallest absolute Gasteiger partial charge is 0.211 e. The lowest BCUT2D eigenvalue weighted by Crippen LogP contribution is -1.87. The molecule has 0 aliphatic rings. The van der Waals surface area contributed by atoms with Crippen LogP contribution in [0.2, 0.25) is 5.02 Å². The van der Waals surface area contributed by atoms with Crippen LogP contribution < -0.4 is 0 Å². The SMILES string of the molecule is Fc1nc(Br)cc(I)c1Cl. The average Bonchev–Trinajstić information content (AvgIpc) is 1.82.